The molecule has 1 atom stereocenters. The van der Waals surface area contributed by atoms with Crippen molar-refractivity contribution in [3.05, 3.63) is 58.0 Å². The molecule has 1 aromatic heterocycles. The SMILES string of the molecule is Cc1cc(C)c(C(Cl)c2ccc(C)o2)c(C)c1. The molecule has 0 aliphatic rings. The number of hydrogen-bond donors (Lipinski definition) is 0. The number of benzene rings is 1. The van der Waals surface area contributed by atoms with Gasteiger partial charge in [-0.25, -0.2) is 0 Å². The minimum Gasteiger partial charge on any atom is -0.464 e. The number of furan rings is 1. The van der Waals surface area contributed by atoms with Crippen molar-refractivity contribution >= 4 is 11.6 Å². The molecule has 0 fully saturated rings. The third-order valence-electron chi connectivity index (χ3n) is 3.00. The fourth-order valence-corrected chi connectivity index (χ4v) is 2.78. The van der Waals surface area contributed by atoms with E-state index < -0.39 is 0 Å². The summed E-state index contributed by atoms with van der Waals surface area (Å²) in [6, 6.07) is 8.22. The zero-order valence-corrected chi connectivity index (χ0v) is 11.4. The van der Waals surface area contributed by atoms with E-state index in [0.717, 1.165) is 17.1 Å². The lowest BCUT2D eigenvalue weighted by Gasteiger charge is -2.15. The highest BCUT2D eigenvalue weighted by Crippen LogP contribution is 2.34. The van der Waals surface area contributed by atoms with Gasteiger partial charge in [-0.15, -0.1) is 11.6 Å². The monoisotopic (exact) mass is 248 g/mol. The number of hydrogen-bond acceptors (Lipinski definition) is 1. The Bertz CT molecular complexity index is 517. The number of alkyl halides is 1. The fraction of sp³-hybridized carbons (Fsp3) is 0.333. The summed E-state index contributed by atoms with van der Waals surface area (Å²) in [7, 11) is 0. The summed E-state index contributed by atoms with van der Waals surface area (Å²) >= 11 is 6.51. The molecule has 90 valence electrons. The Morgan fingerprint density at radius 2 is 1.59 bits per heavy atom. The molecule has 0 spiro atoms. The van der Waals surface area contributed by atoms with Gasteiger partial charge in [0.2, 0.25) is 0 Å². The van der Waals surface area contributed by atoms with Crippen LogP contribution in [-0.4, -0.2) is 0 Å². The lowest BCUT2D eigenvalue weighted by Crippen LogP contribution is -1.99. The Morgan fingerprint density at radius 3 is 2.06 bits per heavy atom. The summed E-state index contributed by atoms with van der Waals surface area (Å²) in [5, 5.41) is -0.204. The first kappa shape index (κ1) is 12.3. The molecule has 17 heavy (non-hydrogen) atoms. The second-order valence-electron chi connectivity index (χ2n) is 4.62. The predicted octanol–water partition coefficient (Wildman–Crippen LogP) is 4.84. The van der Waals surface area contributed by atoms with Crippen molar-refractivity contribution < 1.29 is 4.42 Å². The van der Waals surface area contributed by atoms with E-state index in [9.17, 15) is 0 Å². The number of halogens is 1. The van der Waals surface area contributed by atoms with E-state index in [0.29, 0.717) is 0 Å². The molecule has 1 aromatic carbocycles. The molecule has 0 saturated carbocycles. The van der Waals surface area contributed by atoms with Gasteiger partial charge in [-0.1, -0.05) is 17.7 Å². The van der Waals surface area contributed by atoms with E-state index in [4.69, 9.17) is 16.0 Å². The van der Waals surface area contributed by atoms with E-state index >= 15 is 0 Å². The van der Waals surface area contributed by atoms with Crippen LogP contribution in [0.25, 0.3) is 0 Å². The molecule has 0 amide bonds. The van der Waals surface area contributed by atoms with E-state index in [1.807, 2.05) is 19.1 Å². The third-order valence-corrected chi connectivity index (χ3v) is 3.44. The average Bonchev–Trinajstić information content (AvgIpc) is 2.63. The zero-order chi connectivity index (χ0) is 12.6. The summed E-state index contributed by atoms with van der Waals surface area (Å²) in [5.41, 5.74) is 4.86. The van der Waals surface area contributed by atoms with Gasteiger partial charge in [0.1, 0.15) is 16.9 Å². The van der Waals surface area contributed by atoms with Crippen LogP contribution in [0.3, 0.4) is 0 Å². The minimum absolute atomic E-state index is 0.204. The van der Waals surface area contributed by atoms with Crippen LogP contribution in [0.1, 0.15) is 39.2 Å². The van der Waals surface area contributed by atoms with Gasteiger partial charge in [0.15, 0.2) is 0 Å². The lowest BCUT2D eigenvalue weighted by molar-refractivity contribution is 0.488. The summed E-state index contributed by atoms with van der Waals surface area (Å²) in [6.45, 7) is 8.23. The van der Waals surface area contributed by atoms with Crippen molar-refractivity contribution in [3.63, 3.8) is 0 Å². The van der Waals surface area contributed by atoms with Gasteiger partial charge in [-0.2, -0.15) is 0 Å². The molecular formula is C15H17ClO. The fourth-order valence-electron chi connectivity index (χ4n) is 2.32. The van der Waals surface area contributed by atoms with E-state index in [1.165, 1.54) is 16.7 Å². The van der Waals surface area contributed by atoms with Crippen molar-refractivity contribution in [2.45, 2.75) is 33.1 Å². The van der Waals surface area contributed by atoms with Crippen LogP contribution in [0.2, 0.25) is 0 Å². The summed E-state index contributed by atoms with van der Waals surface area (Å²) in [5.74, 6) is 1.72. The third kappa shape index (κ3) is 2.39. The zero-order valence-electron chi connectivity index (χ0n) is 10.7. The Morgan fingerprint density at radius 1 is 1.00 bits per heavy atom. The van der Waals surface area contributed by atoms with Crippen LogP contribution < -0.4 is 0 Å². The highest BCUT2D eigenvalue weighted by Gasteiger charge is 2.18. The van der Waals surface area contributed by atoms with Gasteiger partial charge in [0.05, 0.1) is 0 Å². The van der Waals surface area contributed by atoms with Crippen molar-refractivity contribution in [2.75, 3.05) is 0 Å². The smallest absolute Gasteiger partial charge is 0.126 e. The topological polar surface area (TPSA) is 13.1 Å². The first-order valence-corrected chi connectivity index (χ1v) is 6.21. The molecule has 0 saturated heterocycles. The maximum atomic E-state index is 6.51. The van der Waals surface area contributed by atoms with Crippen LogP contribution in [0, 0.1) is 27.7 Å². The number of aryl methyl sites for hydroxylation is 4. The van der Waals surface area contributed by atoms with Gasteiger partial charge < -0.3 is 4.42 Å². The highest BCUT2D eigenvalue weighted by atomic mass is 35.5. The molecule has 2 heteroatoms. The molecule has 0 aliphatic heterocycles. The Balaban J connectivity index is 2.47. The molecule has 2 aromatic rings. The molecule has 0 radical (unpaired) electrons. The van der Waals surface area contributed by atoms with Crippen molar-refractivity contribution in [1.82, 2.24) is 0 Å². The minimum atomic E-state index is -0.204. The maximum absolute atomic E-state index is 6.51. The Hall–Kier alpha value is -1.21. The van der Waals surface area contributed by atoms with Crippen LogP contribution in [0.15, 0.2) is 28.7 Å². The van der Waals surface area contributed by atoms with E-state index in [-0.39, 0.29) is 5.38 Å². The predicted molar refractivity (Wildman–Crippen MR) is 71.8 cm³/mol. The highest BCUT2D eigenvalue weighted by molar-refractivity contribution is 6.22. The number of rotatable bonds is 2. The van der Waals surface area contributed by atoms with Crippen LogP contribution in [0.4, 0.5) is 0 Å². The Labute approximate surface area is 107 Å². The molecule has 0 N–H and O–H groups in total. The second-order valence-corrected chi connectivity index (χ2v) is 5.06. The standard InChI is InChI=1S/C15H17ClO/c1-9-7-10(2)14(11(3)8-9)15(16)13-6-5-12(4)17-13/h5-8,15H,1-4H3. The molecule has 2 rings (SSSR count). The maximum Gasteiger partial charge on any atom is 0.126 e. The molecular weight excluding hydrogens is 232 g/mol. The summed E-state index contributed by atoms with van der Waals surface area (Å²) < 4.78 is 5.61. The van der Waals surface area contributed by atoms with Crippen LogP contribution in [0.5, 0.6) is 0 Å². The summed E-state index contributed by atoms with van der Waals surface area (Å²) in [4.78, 5) is 0. The molecule has 1 heterocycles. The quantitative estimate of drug-likeness (QED) is 0.693. The molecule has 1 unspecified atom stereocenters. The van der Waals surface area contributed by atoms with E-state index in [1.54, 1.807) is 0 Å². The van der Waals surface area contributed by atoms with Crippen molar-refractivity contribution in [2.24, 2.45) is 0 Å². The Kier molecular flexibility index (Phi) is 3.30. The molecule has 1 nitrogen and oxygen atoms in total. The summed E-state index contributed by atoms with van der Waals surface area (Å²) in [6.07, 6.45) is 0. The first-order valence-electron chi connectivity index (χ1n) is 5.77. The van der Waals surface area contributed by atoms with Crippen LogP contribution in [-0.2, 0) is 0 Å². The van der Waals surface area contributed by atoms with Gasteiger partial charge in [-0.3, -0.25) is 0 Å². The van der Waals surface area contributed by atoms with Gasteiger partial charge in [0.25, 0.3) is 0 Å². The first-order chi connectivity index (χ1) is 7.99. The normalized spacial score (nSPS) is 12.8. The van der Waals surface area contributed by atoms with Crippen molar-refractivity contribution in [3.8, 4) is 0 Å². The molecule has 0 bridgehead atoms. The second kappa shape index (κ2) is 4.58. The van der Waals surface area contributed by atoms with Crippen molar-refractivity contribution in [1.29, 1.82) is 0 Å². The largest absolute Gasteiger partial charge is 0.464 e. The van der Waals surface area contributed by atoms with Gasteiger partial charge in [-0.05, 0) is 56.5 Å². The van der Waals surface area contributed by atoms with E-state index in [2.05, 4.69) is 32.9 Å². The molecule has 0 aliphatic carbocycles. The lowest BCUT2D eigenvalue weighted by atomic mass is 9.96. The van der Waals surface area contributed by atoms with Gasteiger partial charge >= 0.3 is 0 Å². The van der Waals surface area contributed by atoms with Gasteiger partial charge in [0, 0.05) is 0 Å². The van der Waals surface area contributed by atoms with Crippen LogP contribution >= 0.6 is 11.6 Å². The average molecular weight is 249 g/mol.